The van der Waals surface area contributed by atoms with Crippen LogP contribution < -0.4 is 15.2 Å². The summed E-state index contributed by atoms with van der Waals surface area (Å²) in [5.41, 5.74) is -0.320. The van der Waals surface area contributed by atoms with Gasteiger partial charge < -0.3 is 0 Å². The number of fused-ring (bicyclic) bond motifs is 2. The third kappa shape index (κ3) is 9.89. The Balaban J connectivity index is 1.60. The van der Waals surface area contributed by atoms with Crippen LogP contribution in [0.4, 0.5) is 0 Å². The standard InChI is InChI=1S/C38H45N5O2S/c1-2-3-4-5-6-7-8-9-10-11-12-13-14-15-16-19-24-43-46(44,45)32-22-23-35-36(25-32)38(31(28-41)29-42)34-21-18-17-20-33(34)37(35)30(26-39)27-40/h17-18,20-23,25,43H,2-16,19,24H2,1H3. The average Bonchev–Trinajstić information content (AvgIpc) is 3.07. The van der Waals surface area contributed by atoms with Crippen molar-refractivity contribution >= 4 is 42.7 Å². The van der Waals surface area contributed by atoms with E-state index in [9.17, 15) is 29.5 Å². The Morgan fingerprint density at radius 1 is 0.565 bits per heavy atom. The first kappa shape index (κ1) is 36.3. The average molecular weight is 636 g/mol. The molecule has 0 unspecified atom stereocenters. The molecule has 3 aromatic carbocycles. The third-order valence-corrected chi connectivity index (χ3v) is 10.0. The molecule has 46 heavy (non-hydrogen) atoms. The van der Waals surface area contributed by atoms with E-state index in [4.69, 9.17) is 0 Å². The lowest BCUT2D eigenvalue weighted by Gasteiger charge is -2.11. The number of unbranched alkanes of at least 4 members (excludes halogenated alkanes) is 15. The highest BCUT2D eigenvalue weighted by atomic mass is 32.2. The molecule has 0 aliphatic carbocycles. The molecule has 0 spiro atoms. The van der Waals surface area contributed by atoms with Gasteiger partial charge in [-0.05, 0) is 40.1 Å². The molecular formula is C38H45N5O2S. The second-order valence-corrected chi connectivity index (χ2v) is 13.7. The maximum Gasteiger partial charge on any atom is 0.240 e. The maximum absolute atomic E-state index is 13.3. The van der Waals surface area contributed by atoms with Crippen molar-refractivity contribution in [1.82, 2.24) is 4.72 Å². The first-order chi connectivity index (χ1) is 22.4. The molecule has 0 aliphatic rings. The van der Waals surface area contributed by atoms with Crippen molar-refractivity contribution in [2.75, 3.05) is 6.54 Å². The molecule has 0 fully saturated rings. The molecule has 1 N–H and O–H groups in total. The first-order valence-electron chi connectivity index (χ1n) is 16.8. The zero-order valence-corrected chi connectivity index (χ0v) is 27.9. The molecule has 0 radical (unpaired) electrons. The summed E-state index contributed by atoms with van der Waals surface area (Å²) in [6, 6.07) is 19.0. The lowest BCUT2D eigenvalue weighted by molar-refractivity contribution is 0.528. The van der Waals surface area contributed by atoms with Gasteiger partial charge in [0.25, 0.3) is 0 Å². The summed E-state index contributed by atoms with van der Waals surface area (Å²) < 4.78 is 29.3. The SMILES string of the molecule is CCCCCCCCCCCCCCCCCCNS(=O)(=O)c1ccc2c(=C(C#N)C#N)c3ccccc3c(=C(C#N)C#N)c2c1. The van der Waals surface area contributed by atoms with Gasteiger partial charge in [-0.1, -0.05) is 134 Å². The molecule has 240 valence electrons. The van der Waals surface area contributed by atoms with E-state index >= 15 is 0 Å². The predicted molar refractivity (Wildman–Crippen MR) is 185 cm³/mol. The molecule has 0 aliphatic heterocycles. The first-order valence-corrected chi connectivity index (χ1v) is 18.2. The number of hydrogen-bond donors (Lipinski definition) is 1. The number of nitrogens with one attached hydrogen (secondary N) is 1. The largest absolute Gasteiger partial charge is 0.240 e. The molecule has 8 heteroatoms. The predicted octanol–water partition coefficient (Wildman–Crippen LogP) is 7.93. The number of sulfonamides is 1. The van der Waals surface area contributed by atoms with Crippen LogP contribution >= 0.6 is 0 Å². The minimum Gasteiger partial charge on any atom is -0.211 e. The lowest BCUT2D eigenvalue weighted by Crippen LogP contribution is -2.25. The number of hydrogen-bond acceptors (Lipinski definition) is 6. The maximum atomic E-state index is 13.3. The minimum absolute atomic E-state index is 0.00957. The molecule has 0 atom stereocenters. The molecule has 0 amide bonds. The van der Waals surface area contributed by atoms with Gasteiger partial charge in [0.2, 0.25) is 10.0 Å². The molecule has 0 saturated heterocycles. The quantitative estimate of drug-likeness (QED) is 0.105. The van der Waals surface area contributed by atoms with Gasteiger partial charge in [0.15, 0.2) is 0 Å². The zero-order valence-electron chi connectivity index (χ0n) is 27.1. The number of nitriles is 4. The Morgan fingerprint density at radius 3 is 1.39 bits per heavy atom. The van der Waals surface area contributed by atoms with Gasteiger partial charge in [0, 0.05) is 17.0 Å². The van der Waals surface area contributed by atoms with Crippen molar-refractivity contribution in [2.45, 2.75) is 115 Å². The molecule has 3 rings (SSSR count). The van der Waals surface area contributed by atoms with Crippen molar-refractivity contribution in [3.8, 4) is 24.3 Å². The third-order valence-electron chi connectivity index (χ3n) is 8.58. The van der Waals surface area contributed by atoms with Gasteiger partial charge in [-0.3, -0.25) is 0 Å². The number of rotatable bonds is 19. The highest BCUT2D eigenvalue weighted by Crippen LogP contribution is 2.21. The van der Waals surface area contributed by atoms with Crippen LogP contribution in [0.3, 0.4) is 0 Å². The molecule has 0 bridgehead atoms. The van der Waals surface area contributed by atoms with Gasteiger partial charge in [-0.15, -0.1) is 0 Å². The Kier molecular flexibility index (Phi) is 15.2. The van der Waals surface area contributed by atoms with Crippen molar-refractivity contribution < 1.29 is 8.42 Å². The van der Waals surface area contributed by atoms with Crippen LogP contribution in [-0.4, -0.2) is 15.0 Å². The molecule has 0 aromatic heterocycles. The second-order valence-electron chi connectivity index (χ2n) is 11.9. The van der Waals surface area contributed by atoms with Gasteiger partial charge in [0.1, 0.15) is 35.4 Å². The van der Waals surface area contributed by atoms with Crippen LogP contribution in [0.1, 0.15) is 110 Å². The van der Waals surface area contributed by atoms with E-state index in [2.05, 4.69) is 11.6 Å². The Labute approximate surface area is 274 Å². The summed E-state index contributed by atoms with van der Waals surface area (Å²) in [5, 5.41) is 41.3. The van der Waals surface area contributed by atoms with Crippen LogP contribution in [-0.2, 0) is 10.0 Å². The highest BCUT2D eigenvalue weighted by molar-refractivity contribution is 7.89. The molecule has 3 aromatic rings. The lowest BCUT2D eigenvalue weighted by atomic mass is 9.94. The smallest absolute Gasteiger partial charge is 0.211 e. The van der Waals surface area contributed by atoms with Gasteiger partial charge in [0.05, 0.1) is 4.90 Å². The Bertz CT molecular complexity index is 1850. The van der Waals surface area contributed by atoms with Crippen LogP contribution in [0.25, 0.3) is 32.7 Å². The Hall–Kier alpha value is -4.21. The monoisotopic (exact) mass is 635 g/mol. The minimum atomic E-state index is -3.89. The summed E-state index contributed by atoms with van der Waals surface area (Å²) in [6.45, 7) is 2.56. The van der Waals surface area contributed by atoms with Crippen LogP contribution in [0.5, 0.6) is 0 Å². The number of benzene rings is 3. The van der Waals surface area contributed by atoms with Crippen molar-refractivity contribution in [3.63, 3.8) is 0 Å². The fraction of sp³-hybridized carbons (Fsp3) is 0.474. The highest BCUT2D eigenvalue weighted by Gasteiger charge is 2.18. The summed E-state index contributed by atoms with van der Waals surface area (Å²) in [7, 11) is -3.89. The fourth-order valence-electron chi connectivity index (χ4n) is 6.10. The second kappa shape index (κ2) is 19.3. The van der Waals surface area contributed by atoms with E-state index in [0.717, 1.165) is 25.7 Å². The molecule has 0 heterocycles. The van der Waals surface area contributed by atoms with Gasteiger partial charge >= 0.3 is 0 Å². The summed E-state index contributed by atoms with van der Waals surface area (Å²) >= 11 is 0. The topological polar surface area (TPSA) is 141 Å². The van der Waals surface area contributed by atoms with E-state index in [0.29, 0.717) is 33.3 Å². The van der Waals surface area contributed by atoms with Crippen LogP contribution in [0.15, 0.2) is 47.4 Å². The van der Waals surface area contributed by atoms with Crippen molar-refractivity contribution in [1.29, 1.82) is 21.0 Å². The van der Waals surface area contributed by atoms with Crippen molar-refractivity contribution in [3.05, 3.63) is 52.9 Å². The van der Waals surface area contributed by atoms with E-state index in [1.165, 1.54) is 89.2 Å². The van der Waals surface area contributed by atoms with Gasteiger partial charge in [-0.2, -0.15) is 21.0 Å². The molecular weight excluding hydrogens is 591 g/mol. The van der Waals surface area contributed by atoms with E-state index in [-0.39, 0.29) is 21.3 Å². The van der Waals surface area contributed by atoms with E-state index < -0.39 is 10.0 Å². The van der Waals surface area contributed by atoms with Gasteiger partial charge in [-0.25, -0.2) is 13.1 Å². The zero-order chi connectivity index (χ0) is 33.2. The fourth-order valence-corrected chi connectivity index (χ4v) is 7.20. The van der Waals surface area contributed by atoms with Crippen LogP contribution in [0.2, 0.25) is 0 Å². The Morgan fingerprint density at radius 2 is 0.957 bits per heavy atom. The van der Waals surface area contributed by atoms with E-state index in [1.807, 2.05) is 24.3 Å². The molecule has 0 saturated carbocycles. The molecule has 7 nitrogen and oxygen atoms in total. The summed E-state index contributed by atoms with van der Waals surface area (Å²) in [4.78, 5) is -0.00957. The van der Waals surface area contributed by atoms with Crippen molar-refractivity contribution in [2.24, 2.45) is 0 Å². The normalized spacial score (nSPS) is 11.1. The number of nitrogens with zero attached hydrogens (tertiary/aromatic N) is 4. The van der Waals surface area contributed by atoms with Crippen LogP contribution in [0, 0.1) is 45.3 Å². The summed E-state index contributed by atoms with van der Waals surface area (Å²) in [6.07, 6.45) is 19.9. The summed E-state index contributed by atoms with van der Waals surface area (Å²) in [5.74, 6) is 0. The van der Waals surface area contributed by atoms with E-state index in [1.54, 1.807) is 30.3 Å².